The molecular weight excluding hydrogens is 465 g/mol. The van der Waals surface area contributed by atoms with Crippen molar-refractivity contribution in [1.29, 1.82) is 0 Å². The van der Waals surface area contributed by atoms with Crippen molar-refractivity contribution in [1.82, 2.24) is 35.0 Å². The summed E-state index contributed by atoms with van der Waals surface area (Å²) >= 11 is 0. The summed E-state index contributed by atoms with van der Waals surface area (Å²) in [7, 11) is 4.09. The quantitative estimate of drug-likeness (QED) is 0.292. The van der Waals surface area contributed by atoms with Crippen molar-refractivity contribution in [2.75, 3.05) is 20.6 Å². The molecule has 4 heterocycles. The SMILES string of the molecule is CN(C)CCCc1cc(F)cc(-c2cccc3[nH]c(-c4n[nH]c5ccc(-c6ccccn6)nc45)nc23)c1. The highest BCUT2D eigenvalue weighted by atomic mass is 19.1. The van der Waals surface area contributed by atoms with Gasteiger partial charge in [0.25, 0.3) is 0 Å². The first-order valence-electron chi connectivity index (χ1n) is 12.3. The molecule has 0 spiro atoms. The maximum absolute atomic E-state index is 14.6. The van der Waals surface area contributed by atoms with Gasteiger partial charge < -0.3 is 9.88 Å². The number of pyridine rings is 2. The Morgan fingerprint density at radius 1 is 0.865 bits per heavy atom. The van der Waals surface area contributed by atoms with Gasteiger partial charge in [-0.15, -0.1) is 0 Å². The van der Waals surface area contributed by atoms with E-state index in [0.717, 1.165) is 64.0 Å². The molecule has 6 rings (SSSR count). The van der Waals surface area contributed by atoms with Gasteiger partial charge in [0.05, 0.1) is 27.9 Å². The predicted octanol–water partition coefficient (Wildman–Crippen LogP) is 5.86. The number of hydrogen-bond acceptors (Lipinski definition) is 5. The Kier molecular flexibility index (Phi) is 5.94. The van der Waals surface area contributed by atoms with Crippen LogP contribution in [0.5, 0.6) is 0 Å². The van der Waals surface area contributed by atoms with Crippen LogP contribution in [0.1, 0.15) is 12.0 Å². The largest absolute Gasteiger partial charge is 0.336 e. The van der Waals surface area contributed by atoms with Crippen molar-refractivity contribution in [2.45, 2.75) is 12.8 Å². The average Bonchev–Trinajstić information content (AvgIpc) is 3.52. The molecule has 0 aliphatic heterocycles. The molecule has 0 unspecified atom stereocenters. The highest BCUT2D eigenvalue weighted by molar-refractivity contribution is 5.96. The normalized spacial score (nSPS) is 11.7. The third-order valence-corrected chi connectivity index (χ3v) is 6.41. The molecule has 6 aromatic rings. The van der Waals surface area contributed by atoms with Crippen molar-refractivity contribution in [3.63, 3.8) is 0 Å². The van der Waals surface area contributed by atoms with Crippen LogP contribution in [0.3, 0.4) is 0 Å². The van der Waals surface area contributed by atoms with E-state index < -0.39 is 0 Å². The summed E-state index contributed by atoms with van der Waals surface area (Å²) < 4.78 is 14.6. The van der Waals surface area contributed by atoms with E-state index in [2.05, 4.69) is 31.1 Å². The van der Waals surface area contributed by atoms with Crippen molar-refractivity contribution < 1.29 is 4.39 Å². The zero-order valence-corrected chi connectivity index (χ0v) is 20.7. The van der Waals surface area contributed by atoms with Gasteiger partial charge >= 0.3 is 0 Å². The monoisotopic (exact) mass is 491 g/mol. The second-order valence-corrected chi connectivity index (χ2v) is 9.42. The van der Waals surface area contributed by atoms with E-state index in [0.29, 0.717) is 17.0 Å². The molecule has 2 aromatic carbocycles. The third-order valence-electron chi connectivity index (χ3n) is 6.41. The zero-order chi connectivity index (χ0) is 25.4. The Morgan fingerprint density at radius 2 is 1.78 bits per heavy atom. The van der Waals surface area contributed by atoms with Gasteiger partial charge in [0.15, 0.2) is 11.5 Å². The molecule has 0 amide bonds. The van der Waals surface area contributed by atoms with E-state index in [9.17, 15) is 4.39 Å². The third kappa shape index (κ3) is 4.59. The van der Waals surface area contributed by atoms with Gasteiger partial charge in [-0.25, -0.2) is 14.4 Å². The molecule has 2 N–H and O–H groups in total. The lowest BCUT2D eigenvalue weighted by Crippen LogP contribution is -2.13. The van der Waals surface area contributed by atoms with E-state index in [4.69, 9.17) is 9.97 Å². The van der Waals surface area contributed by atoms with Crippen molar-refractivity contribution in [3.05, 3.63) is 84.3 Å². The number of imidazole rings is 1. The second-order valence-electron chi connectivity index (χ2n) is 9.42. The van der Waals surface area contributed by atoms with Crippen LogP contribution in [0.15, 0.2) is 72.9 Å². The molecule has 184 valence electrons. The number of aryl methyl sites for hydroxylation is 1. The van der Waals surface area contributed by atoms with Crippen molar-refractivity contribution >= 4 is 22.1 Å². The highest BCUT2D eigenvalue weighted by Crippen LogP contribution is 2.32. The first-order chi connectivity index (χ1) is 18.0. The van der Waals surface area contributed by atoms with E-state index in [-0.39, 0.29) is 5.82 Å². The molecule has 0 saturated heterocycles. The number of aromatic nitrogens is 6. The lowest BCUT2D eigenvalue weighted by molar-refractivity contribution is 0.400. The maximum Gasteiger partial charge on any atom is 0.161 e. The number of aromatic amines is 2. The molecule has 0 atom stereocenters. The summed E-state index contributed by atoms with van der Waals surface area (Å²) in [5.74, 6) is 0.358. The minimum atomic E-state index is -0.241. The number of hydrogen-bond donors (Lipinski definition) is 2. The van der Waals surface area contributed by atoms with E-state index >= 15 is 0 Å². The van der Waals surface area contributed by atoms with E-state index in [1.54, 1.807) is 18.3 Å². The molecule has 0 fully saturated rings. The van der Waals surface area contributed by atoms with Crippen molar-refractivity contribution in [2.24, 2.45) is 0 Å². The minimum absolute atomic E-state index is 0.241. The molecule has 0 radical (unpaired) electrons. The molecule has 0 bridgehead atoms. The summed E-state index contributed by atoms with van der Waals surface area (Å²) in [6.07, 6.45) is 3.53. The average molecular weight is 492 g/mol. The Labute approximate surface area is 213 Å². The molecule has 8 heteroatoms. The number of H-pyrrole nitrogens is 2. The number of benzene rings is 2. The van der Waals surface area contributed by atoms with Crippen LogP contribution in [0.4, 0.5) is 4.39 Å². The van der Waals surface area contributed by atoms with Gasteiger partial charge in [0, 0.05) is 11.8 Å². The number of rotatable bonds is 7. The lowest BCUT2D eigenvalue weighted by Gasteiger charge is -2.10. The summed E-state index contributed by atoms with van der Waals surface area (Å²) in [6, 6.07) is 20.8. The zero-order valence-electron chi connectivity index (χ0n) is 20.7. The standard InChI is InChI=1S/C29H26FN7/c1-37(2)14-6-7-18-15-19(17-20(30)16-18)21-8-5-10-24-26(21)34-29(33-24)28-27-25(35-36-28)12-11-23(32-27)22-9-3-4-13-31-22/h3-5,8-13,15-17H,6-7,14H2,1-2H3,(H,33,34)(H,35,36). The Hall–Kier alpha value is -4.43. The number of nitrogens with one attached hydrogen (secondary N) is 2. The number of nitrogens with zero attached hydrogens (tertiary/aromatic N) is 5. The highest BCUT2D eigenvalue weighted by Gasteiger charge is 2.17. The van der Waals surface area contributed by atoms with Crippen LogP contribution in [-0.4, -0.2) is 55.7 Å². The molecular formula is C29H26FN7. The topological polar surface area (TPSA) is 86.4 Å². The van der Waals surface area contributed by atoms with E-state index in [1.807, 2.05) is 62.6 Å². The molecule has 0 aliphatic carbocycles. The summed E-state index contributed by atoms with van der Waals surface area (Å²) in [4.78, 5) is 19.7. The van der Waals surface area contributed by atoms with Gasteiger partial charge in [0.2, 0.25) is 0 Å². The Balaban J connectivity index is 1.41. The van der Waals surface area contributed by atoms with Gasteiger partial charge in [-0.1, -0.05) is 24.3 Å². The first-order valence-corrected chi connectivity index (χ1v) is 12.3. The van der Waals surface area contributed by atoms with Gasteiger partial charge in [-0.2, -0.15) is 5.10 Å². The van der Waals surface area contributed by atoms with Crippen LogP contribution in [0.2, 0.25) is 0 Å². The first kappa shape index (κ1) is 23.0. The Bertz CT molecular complexity index is 1700. The van der Waals surface area contributed by atoms with Crippen LogP contribution in [-0.2, 0) is 6.42 Å². The lowest BCUT2D eigenvalue weighted by atomic mass is 9.99. The van der Waals surface area contributed by atoms with Gasteiger partial charge in [-0.3, -0.25) is 10.1 Å². The van der Waals surface area contributed by atoms with Crippen LogP contribution >= 0.6 is 0 Å². The number of fused-ring (bicyclic) bond motifs is 2. The molecule has 4 aromatic heterocycles. The fourth-order valence-corrected chi connectivity index (χ4v) is 4.65. The van der Waals surface area contributed by atoms with Crippen LogP contribution in [0, 0.1) is 5.82 Å². The maximum atomic E-state index is 14.6. The second kappa shape index (κ2) is 9.55. The van der Waals surface area contributed by atoms with Crippen LogP contribution in [0.25, 0.3) is 56.1 Å². The summed E-state index contributed by atoms with van der Waals surface area (Å²) in [5, 5.41) is 7.56. The van der Waals surface area contributed by atoms with Crippen molar-refractivity contribution in [3.8, 4) is 34.0 Å². The molecule has 0 saturated carbocycles. The predicted molar refractivity (Wildman–Crippen MR) is 144 cm³/mol. The molecule has 7 nitrogen and oxygen atoms in total. The van der Waals surface area contributed by atoms with E-state index in [1.165, 1.54) is 0 Å². The Morgan fingerprint density at radius 3 is 2.62 bits per heavy atom. The fraction of sp³-hybridized carbons (Fsp3) is 0.172. The van der Waals surface area contributed by atoms with Crippen LogP contribution < -0.4 is 0 Å². The fourth-order valence-electron chi connectivity index (χ4n) is 4.65. The number of para-hydroxylation sites is 1. The smallest absolute Gasteiger partial charge is 0.161 e. The van der Waals surface area contributed by atoms with Gasteiger partial charge in [0.1, 0.15) is 11.3 Å². The number of halogens is 1. The molecule has 0 aliphatic rings. The summed E-state index contributed by atoms with van der Waals surface area (Å²) in [5.41, 5.74) is 7.96. The molecule has 37 heavy (non-hydrogen) atoms. The minimum Gasteiger partial charge on any atom is -0.336 e. The van der Waals surface area contributed by atoms with Gasteiger partial charge in [-0.05, 0) is 87.1 Å². The summed E-state index contributed by atoms with van der Waals surface area (Å²) in [6.45, 7) is 0.956.